The molecular formula is C81H76F3N11O8S. The molecule has 15 rings (SSSR count). The number of hydrogen-bond donors (Lipinski definition) is 5. The number of methoxy groups -OCH3 is 3. The van der Waals surface area contributed by atoms with Gasteiger partial charge in [0.1, 0.15) is 17.5 Å². The van der Waals surface area contributed by atoms with E-state index >= 15 is 0 Å². The molecule has 0 saturated carbocycles. The van der Waals surface area contributed by atoms with Crippen LogP contribution in [-0.4, -0.2) is 122 Å². The van der Waals surface area contributed by atoms with E-state index in [2.05, 4.69) is 115 Å². The standard InChI is InChI=1S/C28H26FN3O3.C27H25FN4O2.C26H25FN4O3S/c1-16-21-14-24-22(13-23(21)31-30-16)25(17-5-7-18(8-6-17)27(33)34)26(28(2,3)15-35-4)32(24)20-11-9-19(29)10-12-20;1-27(2,15-34-3)25-24(16-4-6-17(7-5-16)26(29)33)21-13-22-18(14-30-31-22)12-23(21)32(25)20-10-8-19(28)9-11-20;1-26(2,15-34-3)25-24(16-5-10-23(28-13-16)35(4,32)33)20-12-21-17(14-29-30-21)11-22(20)31(25)19-8-6-18(27)7-9-19/h5-14H,15H2,1-4H3,(H,30,31)(H,33,34);4-14H,15H2,1-3H3,(H2,29,33)(H,30,31);5-14H,15H2,1-4H3,(H,29,30). The lowest BCUT2D eigenvalue weighted by molar-refractivity contribution is 0.0696. The molecule has 0 unspecified atom stereocenters. The Morgan fingerprint density at radius 1 is 0.490 bits per heavy atom. The van der Waals surface area contributed by atoms with Crippen LogP contribution in [0.2, 0.25) is 0 Å². The number of aromatic amines is 3. The summed E-state index contributed by atoms with van der Waals surface area (Å²) in [4.78, 5) is 27.4. The molecule has 7 aromatic heterocycles. The number of carboxylic acid groups (broad SMARTS) is 1. The number of aromatic carboxylic acids is 1. The molecule has 8 aromatic carbocycles. The van der Waals surface area contributed by atoms with E-state index < -0.39 is 38.0 Å². The van der Waals surface area contributed by atoms with Crippen molar-refractivity contribution in [2.75, 3.05) is 47.4 Å². The van der Waals surface area contributed by atoms with Crippen molar-refractivity contribution in [3.8, 4) is 50.4 Å². The highest BCUT2D eigenvalue weighted by atomic mass is 32.2. The zero-order chi connectivity index (χ0) is 73.9. The minimum absolute atomic E-state index is 0.0113. The van der Waals surface area contributed by atoms with Crippen molar-refractivity contribution in [3.05, 3.63) is 240 Å². The van der Waals surface area contributed by atoms with Crippen LogP contribution in [0.3, 0.4) is 0 Å². The molecule has 0 radical (unpaired) electrons. The van der Waals surface area contributed by atoms with Crippen LogP contribution in [0.5, 0.6) is 0 Å². The van der Waals surface area contributed by atoms with Crippen molar-refractivity contribution in [2.45, 2.75) is 69.7 Å². The van der Waals surface area contributed by atoms with Gasteiger partial charge in [-0.25, -0.2) is 31.4 Å². The van der Waals surface area contributed by atoms with Gasteiger partial charge in [-0.05, 0) is 164 Å². The first-order valence-corrected chi connectivity index (χ1v) is 35.2. The van der Waals surface area contributed by atoms with E-state index in [9.17, 15) is 36.3 Å². The van der Waals surface area contributed by atoms with Crippen LogP contribution in [-0.2, 0) is 40.3 Å². The number of carboxylic acids is 1. The SMILES string of the molecule is COCC(C)(C)c1c(-c2ccc(C(=O)O)cc2)c2cc3n[nH]c(C)c3cc2n1-c1ccc(F)cc1.COCC(C)(C)c1c(-c2ccc(C(N)=O)cc2)c2cc3[nH]ncc3cc2n1-c1ccc(F)cc1.COCC(C)(C)c1c(-c2ccc(S(C)(=O)=O)nc2)c2cc3[nH]ncc3cc2n1-c1ccc(F)cc1. The lowest BCUT2D eigenvalue weighted by atomic mass is 9.84. The summed E-state index contributed by atoms with van der Waals surface area (Å²) in [5.74, 6) is -2.36. The van der Waals surface area contributed by atoms with E-state index in [-0.39, 0.29) is 28.0 Å². The molecule has 0 saturated heterocycles. The van der Waals surface area contributed by atoms with Gasteiger partial charge in [0.25, 0.3) is 0 Å². The Morgan fingerprint density at radius 3 is 1.23 bits per heavy atom. The first kappa shape index (κ1) is 70.9. The number of pyridine rings is 1. The molecule has 104 heavy (non-hydrogen) atoms. The number of halogens is 3. The van der Waals surface area contributed by atoms with Crippen molar-refractivity contribution >= 4 is 87.1 Å². The van der Waals surface area contributed by atoms with Crippen molar-refractivity contribution in [2.24, 2.45) is 5.73 Å². The number of carbonyl (C=O) groups is 2. The Hall–Kier alpha value is -11.5. The maximum atomic E-state index is 13.9. The van der Waals surface area contributed by atoms with Gasteiger partial charge in [-0.3, -0.25) is 20.1 Å². The quantitative estimate of drug-likeness (QED) is 0.0538. The number of rotatable bonds is 18. The summed E-state index contributed by atoms with van der Waals surface area (Å²) in [6.07, 6.45) is 6.28. The molecule has 1 amide bonds. The highest BCUT2D eigenvalue weighted by molar-refractivity contribution is 7.90. The molecule has 7 heterocycles. The Balaban J connectivity index is 0.000000139. The van der Waals surface area contributed by atoms with Gasteiger partial charge >= 0.3 is 5.97 Å². The molecule has 0 aliphatic heterocycles. The number of nitrogens with zero attached hydrogens (tertiary/aromatic N) is 7. The fraction of sp³-hybridized carbons (Fsp3) is 0.210. The number of amides is 1. The Morgan fingerprint density at radius 2 is 0.865 bits per heavy atom. The Kier molecular flexibility index (Phi) is 18.9. The zero-order valence-electron chi connectivity index (χ0n) is 59.1. The number of H-pyrrole nitrogens is 3. The third-order valence-corrected chi connectivity index (χ3v) is 19.9. The summed E-state index contributed by atoms with van der Waals surface area (Å²) in [6.45, 7) is 15.9. The number of fused-ring (bicyclic) bond motifs is 6. The van der Waals surface area contributed by atoms with Gasteiger partial charge in [-0.15, -0.1) is 0 Å². The molecule has 0 spiro atoms. The van der Waals surface area contributed by atoms with E-state index in [0.29, 0.717) is 25.4 Å². The number of benzene rings is 8. The molecule has 23 heteroatoms. The van der Waals surface area contributed by atoms with E-state index in [4.69, 9.17) is 19.9 Å². The van der Waals surface area contributed by atoms with Gasteiger partial charge in [0.2, 0.25) is 5.91 Å². The summed E-state index contributed by atoms with van der Waals surface area (Å²) < 4.78 is 88.8. The fourth-order valence-corrected chi connectivity index (χ4v) is 14.9. The van der Waals surface area contributed by atoms with Crippen LogP contribution in [0.1, 0.15) is 85.0 Å². The molecule has 530 valence electrons. The van der Waals surface area contributed by atoms with E-state index in [1.54, 1.807) is 107 Å². The maximum Gasteiger partial charge on any atom is 0.335 e. The number of sulfone groups is 1. The summed E-state index contributed by atoms with van der Waals surface area (Å²) >= 11 is 0. The van der Waals surface area contributed by atoms with Crippen LogP contribution in [0.4, 0.5) is 13.2 Å². The number of hydrogen-bond acceptors (Lipinski definition) is 11. The number of carbonyl (C=O) groups excluding carboxylic acids is 1. The second-order valence-electron chi connectivity index (χ2n) is 27.9. The third kappa shape index (κ3) is 13.3. The van der Waals surface area contributed by atoms with Crippen molar-refractivity contribution in [1.29, 1.82) is 0 Å². The molecule has 15 aromatic rings. The minimum atomic E-state index is -3.44. The fourth-order valence-electron chi connectivity index (χ4n) is 14.4. The van der Waals surface area contributed by atoms with Crippen molar-refractivity contribution in [3.63, 3.8) is 0 Å². The maximum absolute atomic E-state index is 13.9. The van der Waals surface area contributed by atoms with Gasteiger partial charge in [0.05, 0.1) is 70.9 Å². The Labute approximate surface area is 597 Å². The highest BCUT2D eigenvalue weighted by Crippen LogP contribution is 2.48. The first-order chi connectivity index (χ1) is 49.6. The van der Waals surface area contributed by atoms with Gasteiger partial charge in [0.15, 0.2) is 14.9 Å². The van der Waals surface area contributed by atoms with Gasteiger partial charge in [-0.2, -0.15) is 15.3 Å². The van der Waals surface area contributed by atoms with Crippen molar-refractivity contribution < 1.29 is 50.5 Å². The molecule has 0 atom stereocenters. The predicted octanol–water partition coefficient (Wildman–Crippen LogP) is 16.6. The number of nitrogens with two attached hydrogens (primary N) is 1. The minimum Gasteiger partial charge on any atom is -0.478 e. The highest BCUT2D eigenvalue weighted by Gasteiger charge is 2.36. The number of aryl methyl sites for hydroxylation is 1. The van der Waals surface area contributed by atoms with Gasteiger partial charge in [0, 0.05) is 150 Å². The number of aromatic nitrogens is 10. The second-order valence-corrected chi connectivity index (χ2v) is 29.9. The summed E-state index contributed by atoms with van der Waals surface area (Å²) in [5.41, 5.74) is 22.1. The summed E-state index contributed by atoms with van der Waals surface area (Å²) in [6, 6.07) is 49.2. The largest absolute Gasteiger partial charge is 0.478 e. The van der Waals surface area contributed by atoms with Crippen LogP contribution >= 0.6 is 0 Å². The van der Waals surface area contributed by atoms with Crippen LogP contribution in [0, 0.1) is 24.4 Å². The molecule has 6 N–H and O–H groups in total. The Bertz CT molecular complexity index is 5880. The van der Waals surface area contributed by atoms with Crippen LogP contribution in [0.15, 0.2) is 193 Å². The van der Waals surface area contributed by atoms with Crippen LogP contribution < -0.4 is 5.73 Å². The first-order valence-electron chi connectivity index (χ1n) is 33.3. The molecule has 0 fully saturated rings. The third-order valence-electron chi connectivity index (χ3n) is 18.9. The summed E-state index contributed by atoms with van der Waals surface area (Å²) in [5, 5.41) is 37.2. The van der Waals surface area contributed by atoms with E-state index in [1.165, 1.54) is 42.5 Å². The normalized spacial score (nSPS) is 12.2. The topological polar surface area (TPSA) is 256 Å². The molecule has 0 bridgehead atoms. The van der Waals surface area contributed by atoms with Gasteiger partial charge < -0.3 is 38.8 Å². The summed E-state index contributed by atoms with van der Waals surface area (Å²) in [7, 11) is 1.57. The average Bonchev–Trinajstić information content (AvgIpc) is 1.58. The zero-order valence-corrected chi connectivity index (χ0v) is 59.9. The van der Waals surface area contributed by atoms with Crippen LogP contribution in [0.25, 0.3) is 116 Å². The molecule has 0 aliphatic rings. The number of nitrogens with one attached hydrogen (secondary N) is 3. The molecule has 19 nitrogen and oxygen atoms in total. The monoisotopic (exact) mass is 1420 g/mol. The second kappa shape index (κ2) is 27.7. The smallest absolute Gasteiger partial charge is 0.335 e. The van der Waals surface area contributed by atoms with E-state index in [1.807, 2.05) is 43.3 Å². The molecule has 0 aliphatic carbocycles. The number of ether oxygens (including phenoxy) is 3. The predicted molar refractivity (Wildman–Crippen MR) is 401 cm³/mol. The van der Waals surface area contributed by atoms with Crippen molar-refractivity contribution in [1.82, 2.24) is 49.3 Å². The average molecular weight is 1420 g/mol. The van der Waals surface area contributed by atoms with Gasteiger partial charge in [-0.1, -0.05) is 65.8 Å². The van der Waals surface area contributed by atoms with E-state index in [0.717, 1.165) is 145 Å². The number of primary amides is 1. The lowest BCUT2D eigenvalue weighted by Gasteiger charge is -2.28. The molecular weight excluding hydrogens is 1340 g/mol. The lowest BCUT2D eigenvalue weighted by Crippen LogP contribution is -2.27.